The molecule has 0 radical (unpaired) electrons. The molecular formula is C15H23N5O4. The quantitative estimate of drug-likeness (QED) is 0.538. The second-order valence-electron chi connectivity index (χ2n) is 6.17. The van der Waals surface area contributed by atoms with Crippen LogP contribution in [0.15, 0.2) is 4.52 Å². The van der Waals surface area contributed by atoms with Crippen molar-refractivity contribution in [2.24, 2.45) is 5.92 Å². The van der Waals surface area contributed by atoms with Crippen LogP contribution in [0.1, 0.15) is 50.0 Å². The highest BCUT2D eigenvalue weighted by atomic mass is 16.6. The van der Waals surface area contributed by atoms with Gasteiger partial charge in [-0.15, -0.1) is 0 Å². The second-order valence-corrected chi connectivity index (χ2v) is 6.17. The maximum Gasteiger partial charge on any atom is 0.312 e. The minimum absolute atomic E-state index is 0.0527. The zero-order valence-electron chi connectivity index (χ0n) is 14.6. The Bertz CT molecular complexity index is 707. The molecule has 2 heterocycles. The lowest BCUT2D eigenvalue weighted by Crippen LogP contribution is -2.08. The predicted molar refractivity (Wildman–Crippen MR) is 85.6 cm³/mol. The zero-order valence-corrected chi connectivity index (χ0v) is 14.6. The summed E-state index contributed by atoms with van der Waals surface area (Å²) in [5.74, 6) is 1.39. The first-order valence-corrected chi connectivity index (χ1v) is 7.92. The largest absolute Gasteiger partial charge is 0.370 e. The van der Waals surface area contributed by atoms with Crippen LogP contribution >= 0.6 is 0 Å². The number of nitro groups is 1. The van der Waals surface area contributed by atoms with Crippen molar-refractivity contribution in [3.8, 4) is 0 Å². The number of rotatable bonds is 8. The monoisotopic (exact) mass is 337 g/mol. The standard InChI is InChI=1S/C15H23N5O4/c1-9(2)8-23-12(5)15-16-13(24-18-15)6-7-19-11(4)14(20(21)22)10(3)17-19/h9,12H,6-8H2,1-5H3. The van der Waals surface area contributed by atoms with Gasteiger partial charge >= 0.3 is 5.69 Å². The number of nitrogens with zero attached hydrogens (tertiary/aromatic N) is 5. The van der Waals surface area contributed by atoms with Gasteiger partial charge in [-0.25, -0.2) is 0 Å². The predicted octanol–water partition coefficient (Wildman–Crippen LogP) is 2.77. The first-order valence-electron chi connectivity index (χ1n) is 7.92. The summed E-state index contributed by atoms with van der Waals surface area (Å²) >= 11 is 0. The number of hydrogen-bond donors (Lipinski definition) is 0. The first kappa shape index (κ1) is 18.1. The molecule has 0 N–H and O–H groups in total. The minimum Gasteiger partial charge on any atom is -0.370 e. The van der Waals surface area contributed by atoms with Crippen molar-refractivity contribution < 1.29 is 14.2 Å². The number of ether oxygens (including phenoxy) is 1. The SMILES string of the molecule is Cc1nn(CCc2nc(C(C)OCC(C)C)no2)c(C)c1[N+](=O)[O-]. The Morgan fingerprint density at radius 2 is 2.04 bits per heavy atom. The van der Waals surface area contributed by atoms with Crippen molar-refractivity contribution in [1.82, 2.24) is 19.9 Å². The Hall–Kier alpha value is -2.29. The lowest BCUT2D eigenvalue weighted by molar-refractivity contribution is -0.386. The number of aromatic nitrogens is 4. The van der Waals surface area contributed by atoms with E-state index >= 15 is 0 Å². The van der Waals surface area contributed by atoms with E-state index in [0.29, 0.717) is 48.6 Å². The summed E-state index contributed by atoms with van der Waals surface area (Å²) in [6.07, 6.45) is 0.211. The highest BCUT2D eigenvalue weighted by Crippen LogP contribution is 2.22. The summed E-state index contributed by atoms with van der Waals surface area (Å²) in [7, 11) is 0. The van der Waals surface area contributed by atoms with Crippen LogP contribution in [-0.2, 0) is 17.7 Å². The third-order valence-electron chi connectivity index (χ3n) is 3.59. The fourth-order valence-corrected chi connectivity index (χ4v) is 2.32. The molecule has 2 rings (SSSR count). The molecule has 1 atom stereocenters. The van der Waals surface area contributed by atoms with E-state index in [1.807, 2.05) is 6.92 Å². The van der Waals surface area contributed by atoms with Crippen molar-refractivity contribution in [2.45, 2.75) is 53.7 Å². The van der Waals surface area contributed by atoms with Crippen LogP contribution in [0.4, 0.5) is 5.69 Å². The zero-order chi connectivity index (χ0) is 17.9. The van der Waals surface area contributed by atoms with Gasteiger partial charge in [0.05, 0.1) is 11.5 Å². The topological polar surface area (TPSA) is 109 Å². The summed E-state index contributed by atoms with van der Waals surface area (Å²) in [6.45, 7) is 10.4. The highest BCUT2D eigenvalue weighted by Gasteiger charge is 2.22. The van der Waals surface area contributed by atoms with Crippen molar-refractivity contribution in [3.05, 3.63) is 33.2 Å². The molecule has 0 aliphatic heterocycles. The van der Waals surface area contributed by atoms with E-state index in [-0.39, 0.29) is 11.8 Å². The molecule has 0 saturated heterocycles. The van der Waals surface area contributed by atoms with Gasteiger partial charge in [-0.1, -0.05) is 19.0 Å². The Morgan fingerprint density at radius 3 is 2.62 bits per heavy atom. The summed E-state index contributed by atoms with van der Waals surface area (Å²) < 4.78 is 12.5. The first-order chi connectivity index (χ1) is 11.3. The molecule has 2 aromatic rings. The molecule has 132 valence electrons. The smallest absolute Gasteiger partial charge is 0.312 e. The maximum absolute atomic E-state index is 11.0. The summed E-state index contributed by atoms with van der Waals surface area (Å²) in [4.78, 5) is 14.9. The van der Waals surface area contributed by atoms with Gasteiger partial charge in [-0.05, 0) is 26.7 Å². The Balaban J connectivity index is 1.99. The summed E-state index contributed by atoms with van der Waals surface area (Å²) in [5.41, 5.74) is 0.974. The molecule has 9 heteroatoms. The Labute approximate surface area is 140 Å². The van der Waals surface area contributed by atoms with Crippen molar-refractivity contribution in [3.63, 3.8) is 0 Å². The van der Waals surface area contributed by atoms with Crippen LogP contribution in [-0.4, -0.2) is 31.5 Å². The van der Waals surface area contributed by atoms with Gasteiger partial charge in [0.15, 0.2) is 5.82 Å². The van der Waals surface area contributed by atoms with E-state index in [4.69, 9.17) is 9.26 Å². The van der Waals surface area contributed by atoms with E-state index in [1.54, 1.807) is 18.5 Å². The molecule has 0 aliphatic rings. The van der Waals surface area contributed by atoms with Gasteiger partial charge in [0, 0.05) is 13.0 Å². The molecular weight excluding hydrogens is 314 g/mol. The fraction of sp³-hybridized carbons (Fsp3) is 0.667. The Kier molecular flexibility index (Phi) is 5.66. The molecule has 0 spiro atoms. The third-order valence-corrected chi connectivity index (χ3v) is 3.59. The van der Waals surface area contributed by atoms with Crippen LogP contribution in [0.3, 0.4) is 0 Å². The molecule has 0 aliphatic carbocycles. The van der Waals surface area contributed by atoms with E-state index in [0.717, 1.165) is 0 Å². The van der Waals surface area contributed by atoms with Crippen molar-refractivity contribution >= 4 is 5.69 Å². The molecule has 0 bridgehead atoms. The van der Waals surface area contributed by atoms with Crippen LogP contribution in [0.2, 0.25) is 0 Å². The summed E-state index contributed by atoms with van der Waals surface area (Å²) in [6, 6.07) is 0. The second kappa shape index (κ2) is 7.52. The lowest BCUT2D eigenvalue weighted by Gasteiger charge is -2.10. The molecule has 9 nitrogen and oxygen atoms in total. The van der Waals surface area contributed by atoms with E-state index in [9.17, 15) is 10.1 Å². The van der Waals surface area contributed by atoms with Crippen LogP contribution in [0, 0.1) is 29.9 Å². The van der Waals surface area contributed by atoms with Gasteiger partial charge < -0.3 is 9.26 Å². The molecule has 1 unspecified atom stereocenters. The Morgan fingerprint density at radius 1 is 1.33 bits per heavy atom. The van der Waals surface area contributed by atoms with Gasteiger partial charge in [0.25, 0.3) is 0 Å². The average Bonchev–Trinajstić information content (AvgIpc) is 3.07. The molecule has 0 fully saturated rings. The molecule has 24 heavy (non-hydrogen) atoms. The summed E-state index contributed by atoms with van der Waals surface area (Å²) in [5, 5.41) is 19.1. The molecule has 0 aromatic carbocycles. The van der Waals surface area contributed by atoms with Gasteiger partial charge in [-0.2, -0.15) is 10.1 Å². The maximum atomic E-state index is 11.0. The van der Waals surface area contributed by atoms with Crippen molar-refractivity contribution in [1.29, 1.82) is 0 Å². The van der Waals surface area contributed by atoms with Gasteiger partial charge in [-0.3, -0.25) is 14.8 Å². The third kappa shape index (κ3) is 4.16. The van der Waals surface area contributed by atoms with Crippen LogP contribution in [0.5, 0.6) is 0 Å². The molecule has 0 saturated carbocycles. The number of aryl methyl sites for hydroxylation is 3. The highest BCUT2D eigenvalue weighted by molar-refractivity contribution is 5.39. The molecule has 0 amide bonds. The fourth-order valence-electron chi connectivity index (χ4n) is 2.32. The van der Waals surface area contributed by atoms with Gasteiger partial charge in [0.2, 0.25) is 5.89 Å². The molecule has 2 aromatic heterocycles. The minimum atomic E-state index is -0.410. The van der Waals surface area contributed by atoms with E-state index in [2.05, 4.69) is 29.1 Å². The van der Waals surface area contributed by atoms with Gasteiger partial charge in [0.1, 0.15) is 17.5 Å². The lowest BCUT2D eigenvalue weighted by atomic mass is 10.2. The van der Waals surface area contributed by atoms with Crippen LogP contribution < -0.4 is 0 Å². The normalized spacial score (nSPS) is 12.8. The van der Waals surface area contributed by atoms with E-state index in [1.165, 1.54) is 0 Å². The average molecular weight is 337 g/mol. The van der Waals surface area contributed by atoms with E-state index < -0.39 is 4.92 Å². The van der Waals surface area contributed by atoms with Crippen molar-refractivity contribution in [2.75, 3.05) is 6.61 Å². The number of hydrogen-bond acceptors (Lipinski definition) is 7. The van der Waals surface area contributed by atoms with Crippen LogP contribution in [0.25, 0.3) is 0 Å².